The molecule has 0 atom stereocenters. The zero-order valence-corrected chi connectivity index (χ0v) is 44.0. The highest BCUT2D eigenvalue weighted by molar-refractivity contribution is 6.19. The van der Waals surface area contributed by atoms with Crippen LogP contribution in [0, 0.1) is 0 Å². The van der Waals surface area contributed by atoms with Gasteiger partial charge in [-0.2, -0.15) is 9.97 Å². The monoisotopic (exact) mass is 1050 g/mol. The molecule has 0 aliphatic rings. The molecule has 17 rings (SSSR count). The number of nitrogens with zero attached hydrogens (tertiary/aromatic N) is 5. The van der Waals surface area contributed by atoms with Crippen LogP contribution >= 0.6 is 0 Å². The lowest BCUT2D eigenvalue weighted by Gasteiger charge is -2.15. The first-order chi connectivity index (χ1) is 40.6. The fourth-order valence-electron chi connectivity index (χ4n) is 12.5. The Morgan fingerprint density at radius 3 is 1.13 bits per heavy atom. The predicted octanol–water partition coefficient (Wildman–Crippen LogP) is 19.9. The maximum atomic E-state index is 6.69. The van der Waals surface area contributed by atoms with Crippen LogP contribution in [0.5, 0.6) is 0 Å². The van der Waals surface area contributed by atoms with Gasteiger partial charge in [-0.3, -0.25) is 4.57 Å². The predicted molar refractivity (Wildman–Crippen MR) is 336 cm³/mol. The standard InChI is InChI=1S/C75H45N5O2/c1-3-17-46(18-4-1)48-33-37-50(38-34-48)52-41-53(51-39-35-49(36-40-51)47-19-5-2-6-20-47)43-54(42-52)79-65-29-11-7-21-55(65)63-44-64-56-22-8-12-30-66(56)80(68(64)45-67(63)79)75-77-73(61-27-15-25-59-57-23-9-13-31-69(57)81-71(59)61)76-74(78-75)62-28-16-26-60-58-24-10-14-32-70(58)82-72(60)62/h1-45H. The third-order valence-electron chi connectivity index (χ3n) is 16.4. The van der Waals surface area contributed by atoms with Gasteiger partial charge in [0.1, 0.15) is 22.3 Å². The number of benzene rings is 12. The van der Waals surface area contributed by atoms with Crippen LogP contribution in [0.15, 0.2) is 282 Å². The summed E-state index contributed by atoms with van der Waals surface area (Å²) in [5.74, 6) is 1.44. The van der Waals surface area contributed by atoms with Crippen LogP contribution < -0.4 is 0 Å². The van der Waals surface area contributed by atoms with E-state index in [0.29, 0.717) is 28.8 Å². The Balaban J connectivity index is 0.917. The molecule has 12 aromatic carbocycles. The van der Waals surface area contributed by atoms with Gasteiger partial charge in [-0.1, -0.05) is 206 Å². The molecule has 82 heavy (non-hydrogen) atoms. The molecule has 0 radical (unpaired) electrons. The molecule has 382 valence electrons. The molecule has 7 heteroatoms. The lowest BCUT2D eigenvalue weighted by Crippen LogP contribution is -2.06. The molecule has 17 aromatic rings. The third kappa shape index (κ3) is 7.27. The number of hydrogen-bond donors (Lipinski definition) is 0. The summed E-state index contributed by atoms with van der Waals surface area (Å²) in [6.07, 6.45) is 0. The zero-order valence-electron chi connectivity index (χ0n) is 44.0. The lowest BCUT2D eigenvalue weighted by molar-refractivity contribution is 0.669. The molecule has 0 fully saturated rings. The van der Waals surface area contributed by atoms with Crippen molar-refractivity contribution in [3.05, 3.63) is 273 Å². The zero-order chi connectivity index (χ0) is 53.8. The van der Waals surface area contributed by atoms with Gasteiger partial charge in [0.15, 0.2) is 11.6 Å². The Bertz CT molecular complexity index is 5150. The van der Waals surface area contributed by atoms with Crippen molar-refractivity contribution in [3.8, 4) is 78.9 Å². The summed E-state index contributed by atoms with van der Waals surface area (Å²) in [7, 11) is 0. The molecule has 0 saturated carbocycles. The number of rotatable bonds is 8. The molecule has 0 bridgehead atoms. The van der Waals surface area contributed by atoms with Gasteiger partial charge < -0.3 is 13.4 Å². The van der Waals surface area contributed by atoms with Gasteiger partial charge in [0.05, 0.1) is 33.2 Å². The van der Waals surface area contributed by atoms with Crippen LogP contribution in [0.4, 0.5) is 0 Å². The van der Waals surface area contributed by atoms with Crippen molar-refractivity contribution in [2.24, 2.45) is 0 Å². The van der Waals surface area contributed by atoms with E-state index in [2.05, 4.69) is 234 Å². The first-order valence-electron chi connectivity index (χ1n) is 27.6. The Labute approximate surface area is 469 Å². The molecule has 0 N–H and O–H groups in total. The quantitative estimate of drug-likeness (QED) is 0.152. The molecular formula is C75H45N5O2. The number of furan rings is 2. The molecule has 0 aliphatic heterocycles. The van der Waals surface area contributed by atoms with Crippen molar-refractivity contribution in [1.82, 2.24) is 24.1 Å². The van der Waals surface area contributed by atoms with Gasteiger partial charge in [-0.15, -0.1) is 0 Å². The number of aromatic nitrogens is 5. The molecule has 5 heterocycles. The van der Waals surface area contributed by atoms with Gasteiger partial charge in [-0.05, 0) is 111 Å². The van der Waals surface area contributed by atoms with Crippen molar-refractivity contribution in [2.45, 2.75) is 0 Å². The van der Waals surface area contributed by atoms with Crippen LogP contribution in [0.2, 0.25) is 0 Å². The highest BCUT2D eigenvalue weighted by atomic mass is 16.3. The van der Waals surface area contributed by atoms with E-state index < -0.39 is 0 Å². The molecule has 5 aromatic heterocycles. The summed E-state index contributed by atoms with van der Waals surface area (Å²) in [5, 5.41) is 8.50. The maximum Gasteiger partial charge on any atom is 0.238 e. The van der Waals surface area contributed by atoms with Crippen molar-refractivity contribution in [2.75, 3.05) is 0 Å². The van der Waals surface area contributed by atoms with Crippen molar-refractivity contribution in [1.29, 1.82) is 0 Å². The fourth-order valence-corrected chi connectivity index (χ4v) is 12.5. The minimum absolute atomic E-state index is 0.469. The van der Waals surface area contributed by atoms with E-state index >= 15 is 0 Å². The van der Waals surface area contributed by atoms with Crippen molar-refractivity contribution >= 4 is 87.5 Å². The highest BCUT2D eigenvalue weighted by Crippen LogP contribution is 2.43. The van der Waals surface area contributed by atoms with Crippen LogP contribution in [-0.2, 0) is 0 Å². The van der Waals surface area contributed by atoms with Gasteiger partial charge >= 0.3 is 0 Å². The summed E-state index contributed by atoms with van der Waals surface area (Å²) in [6, 6.07) is 96.8. The second-order valence-corrected chi connectivity index (χ2v) is 21.1. The Morgan fingerprint density at radius 2 is 0.634 bits per heavy atom. The summed E-state index contributed by atoms with van der Waals surface area (Å²) in [6.45, 7) is 0. The summed E-state index contributed by atoms with van der Waals surface area (Å²) < 4.78 is 18.0. The number of fused-ring (bicyclic) bond motifs is 12. The second kappa shape index (κ2) is 18.2. The van der Waals surface area contributed by atoms with Crippen molar-refractivity contribution in [3.63, 3.8) is 0 Å². The minimum Gasteiger partial charge on any atom is -0.455 e. The minimum atomic E-state index is 0.469. The van der Waals surface area contributed by atoms with Gasteiger partial charge in [0, 0.05) is 48.8 Å². The topological polar surface area (TPSA) is 74.8 Å². The second-order valence-electron chi connectivity index (χ2n) is 21.1. The average Bonchev–Trinajstić information content (AvgIpc) is 3.24. The number of para-hydroxylation sites is 6. The molecule has 0 saturated heterocycles. The Morgan fingerprint density at radius 1 is 0.244 bits per heavy atom. The largest absolute Gasteiger partial charge is 0.455 e. The van der Waals surface area contributed by atoms with Crippen LogP contribution in [0.25, 0.3) is 166 Å². The molecule has 0 aliphatic carbocycles. The van der Waals surface area contributed by atoms with E-state index in [4.69, 9.17) is 23.8 Å². The summed E-state index contributed by atoms with van der Waals surface area (Å²) >= 11 is 0. The van der Waals surface area contributed by atoms with Crippen LogP contribution in [-0.4, -0.2) is 24.1 Å². The van der Waals surface area contributed by atoms with Gasteiger partial charge in [0.2, 0.25) is 5.95 Å². The molecular weight excluding hydrogens is 1000 g/mol. The number of hydrogen-bond acceptors (Lipinski definition) is 5. The smallest absolute Gasteiger partial charge is 0.238 e. The Hall–Kier alpha value is -11.2. The molecule has 7 nitrogen and oxygen atoms in total. The first kappa shape index (κ1) is 45.8. The SMILES string of the molecule is c1ccc(-c2ccc(-c3cc(-c4ccc(-c5ccccc5)cc4)cc(-n4c5ccccc5c5cc6c7ccccc7n(-c7nc(-c8cccc9c8oc8ccccc89)nc(-c8cccc9c8oc8ccccc89)n7)c6cc54)c3)cc2)cc1. The van der Waals surface area contributed by atoms with Crippen LogP contribution in [0.1, 0.15) is 0 Å². The van der Waals surface area contributed by atoms with E-state index in [0.717, 1.165) is 115 Å². The Kier molecular flexibility index (Phi) is 10.2. The summed E-state index contributed by atoms with van der Waals surface area (Å²) in [5.41, 5.74) is 18.9. The van der Waals surface area contributed by atoms with Gasteiger partial charge in [0.25, 0.3) is 0 Å². The molecule has 0 amide bonds. The highest BCUT2D eigenvalue weighted by Gasteiger charge is 2.25. The van der Waals surface area contributed by atoms with E-state index in [1.165, 1.54) is 22.3 Å². The van der Waals surface area contributed by atoms with Gasteiger partial charge in [-0.25, -0.2) is 4.98 Å². The normalized spacial score (nSPS) is 11.9. The first-order valence-corrected chi connectivity index (χ1v) is 27.6. The van der Waals surface area contributed by atoms with E-state index in [-0.39, 0.29) is 0 Å². The fraction of sp³-hybridized carbons (Fsp3) is 0. The molecule has 0 unspecified atom stereocenters. The van der Waals surface area contributed by atoms with E-state index in [9.17, 15) is 0 Å². The lowest BCUT2D eigenvalue weighted by atomic mass is 9.95. The van der Waals surface area contributed by atoms with E-state index in [1.807, 2.05) is 48.5 Å². The molecule has 0 spiro atoms. The van der Waals surface area contributed by atoms with Crippen molar-refractivity contribution < 1.29 is 8.83 Å². The summed E-state index contributed by atoms with van der Waals surface area (Å²) in [4.78, 5) is 16.4. The maximum absolute atomic E-state index is 6.69. The average molecular weight is 1050 g/mol. The van der Waals surface area contributed by atoms with Crippen LogP contribution in [0.3, 0.4) is 0 Å². The van der Waals surface area contributed by atoms with E-state index in [1.54, 1.807) is 0 Å². The third-order valence-corrected chi connectivity index (χ3v) is 16.4.